The van der Waals surface area contributed by atoms with E-state index in [-0.39, 0.29) is 0 Å². The zero-order chi connectivity index (χ0) is 14.1. The number of fused-ring (bicyclic) bond motifs is 1. The lowest BCUT2D eigenvalue weighted by molar-refractivity contribution is -0.124. The normalized spacial score (nSPS) is 22.7. The third-order valence-electron chi connectivity index (χ3n) is 3.32. The molecule has 2 N–H and O–H groups in total. The molecule has 0 unspecified atom stereocenters. The van der Waals surface area contributed by atoms with Gasteiger partial charge in [-0.15, -0.1) is 0 Å². The Hall–Kier alpha value is -2.30. The monoisotopic (exact) mass is 267 g/mol. The highest BCUT2D eigenvalue weighted by atomic mass is 16.3. The summed E-state index contributed by atoms with van der Waals surface area (Å²) in [5.41, 5.74) is 2.19. The fourth-order valence-corrected chi connectivity index (χ4v) is 2.19. The number of rotatable bonds is 2. The molecule has 0 bridgehead atoms. The Morgan fingerprint density at radius 2 is 1.90 bits per heavy atom. The van der Waals surface area contributed by atoms with Gasteiger partial charge in [-0.2, -0.15) is 0 Å². The van der Waals surface area contributed by atoms with Crippen LogP contribution in [0.1, 0.15) is 5.56 Å². The summed E-state index contributed by atoms with van der Waals surface area (Å²) >= 11 is 0. The Morgan fingerprint density at radius 3 is 2.65 bits per heavy atom. The number of ketones is 1. The summed E-state index contributed by atoms with van der Waals surface area (Å²) in [6, 6.07) is 9.74. The van der Waals surface area contributed by atoms with E-state index in [0.717, 1.165) is 16.5 Å². The number of carbonyl (C=O) groups excluding carboxylic acids is 1. The van der Waals surface area contributed by atoms with Gasteiger partial charge in [0.1, 0.15) is 12.2 Å². The maximum atomic E-state index is 11.2. The molecule has 4 heteroatoms. The number of benzene rings is 1. The number of aliphatic hydroxyl groups is 2. The van der Waals surface area contributed by atoms with E-state index in [0.29, 0.717) is 5.57 Å². The molecule has 3 rings (SSSR count). The van der Waals surface area contributed by atoms with Crippen LogP contribution in [0.3, 0.4) is 0 Å². The number of hydrogen-bond donors (Lipinski definition) is 2. The van der Waals surface area contributed by atoms with Gasteiger partial charge in [0.15, 0.2) is 5.78 Å². The van der Waals surface area contributed by atoms with Crippen molar-refractivity contribution in [2.45, 2.75) is 12.2 Å². The Labute approximate surface area is 115 Å². The van der Waals surface area contributed by atoms with Crippen molar-refractivity contribution >= 4 is 22.8 Å². The highest BCUT2D eigenvalue weighted by molar-refractivity contribution is 5.98. The first kappa shape index (κ1) is 12.7. The van der Waals surface area contributed by atoms with Gasteiger partial charge >= 0.3 is 0 Å². The summed E-state index contributed by atoms with van der Waals surface area (Å²) in [5.74, 6) is -0.464. The second-order valence-corrected chi connectivity index (χ2v) is 4.73. The van der Waals surface area contributed by atoms with Crippen LogP contribution in [0.4, 0.5) is 0 Å². The first-order chi connectivity index (χ1) is 9.65. The van der Waals surface area contributed by atoms with E-state index < -0.39 is 18.0 Å². The number of nitrogens with zero attached hydrogens (tertiary/aromatic N) is 1. The fraction of sp³-hybridized carbons (Fsp3) is 0.125. The summed E-state index contributed by atoms with van der Waals surface area (Å²) in [6.07, 6.45) is 3.89. The first-order valence-corrected chi connectivity index (χ1v) is 6.29. The third kappa shape index (κ3) is 2.27. The van der Waals surface area contributed by atoms with Gasteiger partial charge in [0, 0.05) is 11.6 Å². The topological polar surface area (TPSA) is 70.4 Å². The smallest absolute Gasteiger partial charge is 0.187 e. The molecule has 100 valence electrons. The SMILES string of the molecule is O=C1C=C(/C=C/c2cnc3ccccc3c2)[C@H](O)[C@H]1O. The Kier molecular flexibility index (Phi) is 3.18. The molecule has 2 atom stereocenters. The van der Waals surface area contributed by atoms with Gasteiger partial charge in [0.25, 0.3) is 0 Å². The van der Waals surface area contributed by atoms with Crippen LogP contribution in [-0.4, -0.2) is 33.2 Å². The lowest BCUT2D eigenvalue weighted by atomic mass is 10.1. The van der Waals surface area contributed by atoms with Crippen LogP contribution in [0.15, 0.2) is 54.3 Å². The molecule has 20 heavy (non-hydrogen) atoms. The van der Waals surface area contributed by atoms with Crippen LogP contribution in [0.2, 0.25) is 0 Å². The molecule has 4 nitrogen and oxygen atoms in total. The van der Waals surface area contributed by atoms with Gasteiger partial charge in [0.2, 0.25) is 0 Å². The summed E-state index contributed by atoms with van der Waals surface area (Å²) in [6.45, 7) is 0. The molecule has 0 spiro atoms. The zero-order valence-electron chi connectivity index (χ0n) is 10.6. The highest BCUT2D eigenvalue weighted by Crippen LogP contribution is 2.20. The van der Waals surface area contributed by atoms with E-state index >= 15 is 0 Å². The number of para-hydroxylation sites is 1. The lowest BCUT2D eigenvalue weighted by Crippen LogP contribution is -2.27. The predicted molar refractivity (Wildman–Crippen MR) is 75.9 cm³/mol. The van der Waals surface area contributed by atoms with E-state index in [1.54, 1.807) is 18.3 Å². The first-order valence-electron chi connectivity index (χ1n) is 6.29. The van der Waals surface area contributed by atoms with Gasteiger partial charge in [0.05, 0.1) is 5.52 Å². The average molecular weight is 267 g/mol. The molecule has 1 aromatic carbocycles. The minimum Gasteiger partial charge on any atom is -0.385 e. The van der Waals surface area contributed by atoms with Gasteiger partial charge < -0.3 is 10.2 Å². The molecular formula is C16H13NO3. The molecule has 0 aliphatic heterocycles. The van der Waals surface area contributed by atoms with Crippen molar-refractivity contribution in [2.75, 3.05) is 0 Å². The molecule has 1 aliphatic rings. The zero-order valence-corrected chi connectivity index (χ0v) is 10.6. The lowest BCUT2D eigenvalue weighted by Gasteiger charge is -2.07. The average Bonchev–Trinajstić information content (AvgIpc) is 2.72. The van der Waals surface area contributed by atoms with E-state index in [1.165, 1.54) is 6.08 Å². The fourth-order valence-electron chi connectivity index (χ4n) is 2.19. The molecule has 1 aliphatic carbocycles. The van der Waals surface area contributed by atoms with Crippen LogP contribution < -0.4 is 0 Å². The van der Waals surface area contributed by atoms with Crippen LogP contribution >= 0.6 is 0 Å². The second kappa shape index (κ2) is 5.00. The molecular weight excluding hydrogens is 254 g/mol. The molecule has 0 saturated carbocycles. The number of aromatic nitrogens is 1. The van der Waals surface area contributed by atoms with Gasteiger partial charge in [-0.1, -0.05) is 30.4 Å². The van der Waals surface area contributed by atoms with Crippen LogP contribution in [0.5, 0.6) is 0 Å². The summed E-state index contributed by atoms with van der Waals surface area (Å²) in [5, 5.41) is 20.1. The van der Waals surface area contributed by atoms with Crippen molar-refractivity contribution in [3.63, 3.8) is 0 Å². The minimum absolute atomic E-state index is 0.413. The predicted octanol–water partition coefficient (Wildman–Crippen LogP) is 1.48. The largest absolute Gasteiger partial charge is 0.385 e. The van der Waals surface area contributed by atoms with Crippen LogP contribution in [-0.2, 0) is 4.79 Å². The molecule has 2 aromatic rings. The highest BCUT2D eigenvalue weighted by Gasteiger charge is 2.31. The van der Waals surface area contributed by atoms with Crippen molar-refractivity contribution in [2.24, 2.45) is 0 Å². The Morgan fingerprint density at radius 1 is 1.10 bits per heavy atom. The molecule has 0 amide bonds. The third-order valence-corrected chi connectivity index (χ3v) is 3.32. The van der Waals surface area contributed by atoms with E-state index in [4.69, 9.17) is 0 Å². The van der Waals surface area contributed by atoms with Crippen molar-refractivity contribution in [3.05, 3.63) is 59.8 Å². The van der Waals surface area contributed by atoms with Crippen molar-refractivity contribution in [1.29, 1.82) is 0 Å². The van der Waals surface area contributed by atoms with Crippen LogP contribution in [0.25, 0.3) is 17.0 Å². The van der Waals surface area contributed by atoms with Crippen LogP contribution in [0, 0.1) is 0 Å². The number of carbonyl (C=O) groups is 1. The quantitative estimate of drug-likeness (QED) is 0.864. The minimum atomic E-state index is -1.34. The second-order valence-electron chi connectivity index (χ2n) is 4.73. The molecule has 1 aromatic heterocycles. The number of aliphatic hydroxyl groups excluding tert-OH is 2. The molecule has 0 fully saturated rings. The Bertz CT molecular complexity index is 733. The van der Waals surface area contributed by atoms with E-state index in [1.807, 2.05) is 30.3 Å². The van der Waals surface area contributed by atoms with E-state index in [2.05, 4.69) is 4.98 Å². The number of pyridine rings is 1. The van der Waals surface area contributed by atoms with Crippen molar-refractivity contribution in [3.8, 4) is 0 Å². The summed E-state index contributed by atoms with van der Waals surface area (Å²) < 4.78 is 0. The molecule has 0 radical (unpaired) electrons. The standard InChI is InChI=1S/C16H13NO3/c18-14-8-12(15(19)16(14)20)6-5-10-7-11-3-1-2-4-13(11)17-9-10/h1-9,15-16,19-20H/b6-5+/t15-,16-/m0/s1. The van der Waals surface area contributed by atoms with Gasteiger partial charge in [-0.3, -0.25) is 9.78 Å². The summed E-state index contributed by atoms with van der Waals surface area (Å²) in [4.78, 5) is 15.6. The summed E-state index contributed by atoms with van der Waals surface area (Å²) in [7, 11) is 0. The van der Waals surface area contributed by atoms with Crippen molar-refractivity contribution in [1.82, 2.24) is 4.98 Å². The maximum Gasteiger partial charge on any atom is 0.187 e. The molecule has 1 heterocycles. The number of hydrogen-bond acceptors (Lipinski definition) is 4. The van der Waals surface area contributed by atoms with Gasteiger partial charge in [-0.25, -0.2) is 0 Å². The van der Waals surface area contributed by atoms with E-state index in [9.17, 15) is 15.0 Å². The van der Waals surface area contributed by atoms with Gasteiger partial charge in [-0.05, 0) is 29.3 Å². The van der Waals surface area contributed by atoms with Crippen molar-refractivity contribution < 1.29 is 15.0 Å². The Balaban J connectivity index is 1.88. The molecule has 0 saturated heterocycles. The maximum absolute atomic E-state index is 11.2.